The smallest absolute Gasteiger partial charge is 0.404 e. The van der Waals surface area contributed by atoms with Gasteiger partial charge < -0.3 is 10.4 Å². The Bertz CT molecular complexity index is 262. The lowest BCUT2D eigenvalue weighted by Crippen LogP contribution is -2.22. The Morgan fingerprint density at radius 2 is 2.46 bits per heavy atom. The topological polar surface area (TPSA) is 62.2 Å². The van der Waals surface area contributed by atoms with Gasteiger partial charge >= 0.3 is 6.09 Å². The van der Waals surface area contributed by atoms with Crippen molar-refractivity contribution in [3.63, 3.8) is 0 Å². The summed E-state index contributed by atoms with van der Waals surface area (Å²) in [5.74, 6) is 0. The van der Waals surface area contributed by atoms with E-state index in [1.165, 1.54) is 0 Å². The van der Waals surface area contributed by atoms with Crippen LogP contribution < -0.4 is 5.32 Å². The van der Waals surface area contributed by atoms with E-state index in [9.17, 15) is 4.79 Å². The van der Waals surface area contributed by atoms with E-state index in [0.717, 1.165) is 18.4 Å². The Morgan fingerprint density at radius 3 is 3.08 bits per heavy atom. The monoisotopic (exact) mass is 180 g/mol. The number of aromatic nitrogens is 1. The van der Waals surface area contributed by atoms with Crippen molar-refractivity contribution in [1.82, 2.24) is 10.3 Å². The molecule has 0 bridgehead atoms. The van der Waals surface area contributed by atoms with Crippen LogP contribution in [0.5, 0.6) is 0 Å². The van der Waals surface area contributed by atoms with Crippen LogP contribution in [0.1, 0.15) is 12.0 Å². The Hall–Kier alpha value is -1.58. The maximum absolute atomic E-state index is 10.1. The lowest BCUT2D eigenvalue weighted by atomic mass is 10.2. The average Bonchev–Trinajstić information content (AvgIpc) is 2.14. The van der Waals surface area contributed by atoms with E-state index >= 15 is 0 Å². The summed E-state index contributed by atoms with van der Waals surface area (Å²) in [5.41, 5.74) is 1.13. The Kier molecular flexibility index (Phi) is 3.75. The SMILES string of the molecule is O=C(O)NCCCc1cccnc1. The van der Waals surface area contributed by atoms with E-state index in [-0.39, 0.29) is 0 Å². The van der Waals surface area contributed by atoms with E-state index in [4.69, 9.17) is 5.11 Å². The standard InChI is InChI=1S/C9H12N2O2/c12-9(13)11-6-2-4-8-3-1-5-10-7-8/h1,3,5,7,11H,2,4,6H2,(H,12,13). The molecule has 0 radical (unpaired) electrons. The zero-order valence-corrected chi connectivity index (χ0v) is 7.23. The fourth-order valence-corrected chi connectivity index (χ4v) is 1.03. The van der Waals surface area contributed by atoms with Crippen LogP contribution in [0.15, 0.2) is 24.5 Å². The van der Waals surface area contributed by atoms with Gasteiger partial charge in [0.15, 0.2) is 0 Å². The van der Waals surface area contributed by atoms with Crippen LogP contribution in [-0.4, -0.2) is 22.7 Å². The highest BCUT2D eigenvalue weighted by Gasteiger charge is 1.94. The number of hydrogen-bond acceptors (Lipinski definition) is 2. The van der Waals surface area contributed by atoms with Gasteiger partial charge in [0.2, 0.25) is 0 Å². The molecule has 1 aromatic heterocycles. The third kappa shape index (κ3) is 4.10. The predicted octanol–water partition coefficient (Wildman–Crippen LogP) is 1.28. The molecule has 0 unspecified atom stereocenters. The first-order valence-electron chi connectivity index (χ1n) is 4.15. The van der Waals surface area contributed by atoms with Gasteiger partial charge in [0.1, 0.15) is 0 Å². The summed E-state index contributed by atoms with van der Waals surface area (Å²) in [4.78, 5) is 14.0. The average molecular weight is 180 g/mol. The van der Waals surface area contributed by atoms with Crippen LogP contribution in [0.25, 0.3) is 0 Å². The van der Waals surface area contributed by atoms with Crippen molar-refractivity contribution < 1.29 is 9.90 Å². The van der Waals surface area contributed by atoms with Crippen molar-refractivity contribution in [2.75, 3.05) is 6.54 Å². The fourth-order valence-electron chi connectivity index (χ4n) is 1.03. The summed E-state index contributed by atoms with van der Waals surface area (Å²) in [7, 11) is 0. The molecule has 0 aliphatic carbocycles. The molecule has 1 amide bonds. The molecule has 0 aliphatic rings. The van der Waals surface area contributed by atoms with Crippen molar-refractivity contribution >= 4 is 6.09 Å². The molecule has 1 aromatic rings. The normalized spacial score (nSPS) is 9.54. The molecule has 1 rings (SSSR count). The van der Waals surface area contributed by atoms with Crippen LogP contribution in [0.4, 0.5) is 4.79 Å². The molecule has 4 heteroatoms. The van der Waals surface area contributed by atoms with Crippen molar-refractivity contribution in [2.45, 2.75) is 12.8 Å². The van der Waals surface area contributed by atoms with E-state index in [1.807, 2.05) is 12.1 Å². The molecule has 70 valence electrons. The van der Waals surface area contributed by atoms with Gasteiger partial charge in [-0.2, -0.15) is 0 Å². The lowest BCUT2D eigenvalue weighted by molar-refractivity contribution is 0.194. The van der Waals surface area contributed by atoms with Crippen molar-refractivity contribution in [1.29, 1.82) is 0 Å². The molecular formula is C9H12N2O2. The number of rotatable bonds is 4. The molecule has 2 N–H and O–H groups in total. The van der Waals surface area contributed by atoms with Crippen molar-refractivity contribution in [3.05, 3.63) is 30.1 Å². The first-order chi connectivity index (χ1) is 6.29. The maximum atomic E-state index is 10.1. The summed E-state index contributed by atoms with van der Waals surface area (Å²) in [5, 5.41) is 10.6. The number of hydrogen-bond donors (Lipinski definition) is 2. The molecule has 0 fully saturated rings. The molecule has 0 saturated heterocycles. The van der Waals surface area contributed by atoms with Crippen LogP contribution in [0.2, 0.25) is 0 Å². The molecule has 4 nitrogen and oxygen atoms in total. The zero-order valence-electron chi connectivity index (χ0n) is 7.23. The largest absolute Gasteiger partial charge is 0.465 e. The minimum atomic E-state index is -0.966. The van der Waals surface area contributed by atoms with Gasteiger partial charge in [-0.25, -0.2) is 4.79 Å². The van der Waals surface area contributed by atoms with Crippen LogP contribution >= 0.6 is 0 Å². The summed E-state index contributed by atoms with van der Waals surface area (Å²) < 4.78 is 0. The summed E-state index contributed by atoms with van der Waals surface area (Å²) in [6.07, 6.45) is 4.21. The predicted molar refractivity (Wildman–Crippen MR) is 48.6 cm³/mol. The number of carboxylic acid groups (broad SMARTS) is 1. The fraction of sp³-hybridized carbons (Fsp3) is 0.333. The molecule has 0 spiro atoms. The van der Waals surface area contributed by atoms with Gasteiger partial charge in [-0.1, -0.05) is 6.07 Å². The van der Waals surface area contributed by atoms with E-state index < -0.39 is 6.09 Å². The molecule has 0 saturated carbocycles. The molecular weight excluding hydrogens is 168 g/mol. The summed E-state index contributed by atoms with van der Waals surface area (Å²) in [6.45, 7) is 0.490. The molecule has 0 aliphatic heterocycles. The first kappa shape index (κ1) is 9.51. The number of carbonyl (C=O) groups is 1. The van der Waals surface area contributed by atoms with Crippen LogP contribution in [0.3, 0.4) is 0 Å². The zero-order chi connectivity index (χ0) is 9.52. The Balaban J connectivity index is 2.17. The summed E-state index contributed by atoms with van der Waals surface area (Å²) in [6, 6.07) is 3.85. The first-order valence-corrected chi connectivity index (χ1v) is 4.15. The molecule has 13 heavy (non-hydrogen) atoms. The highest BCUT2D eigenvalue weighted by molar-refractivity contribution is 5.64. The highest BCUT2D eigenvalue weighted by atomic mass is 16.4. The number of amides is 1. The van der Waals surface area contributed by atoms with Gasteiger partial charge in [0.25, 0.3) is 0 Å². The second-order valence-corrected chi connectivity index (χ2v) is 2.70. The van der Waals surface area contributed by atoms with Crippen molar-refractivity contribution in [3.8, 4) is 0 Å². The lowest BCUT2D eigenvalue weighted by Gasteiger charge is -2.00. The van der Waals surface area contributed by atoms with Crippen LogP contribution in [-0.2, 0) is 6.42 Å². The Labute approximate surface area is 76.6 Å². The number of nitrogens with one attached hydrogen (secondary N) is 1. The molecule has 0 atom stereocenters. The van der Waals surface area contributed by atoms with Crippen molar-refractivity contribution in [2.24, 2.45) is 0 Å². The van der Waals surface area contributed by atoms with E-state index in [1.54, 1.807) is 12.4 Å². The van der Waals surface area contributed by atoms with Gasteiger partial charge in [-0.3, -0.25) is 4.98 Å². The minimum absolute atomic E-state index is 0.490. The second-order valence-electron chi connectivity index (χ2n) is 2.70. The van der Waals surface area contributed by atoms with Gasteiger partial charge in [0.05, 0.1) is 0 Å². The highest BCUT2D eigenvalue weighted by Crippen LogP contribution is 1.98. The molecule has 1 heterocycles. The summed E-state index contributed by atoms with van der Waals surface area (Å²) >= 11 is 0. The van der Waals surface area contributed by atoms with Gasteiger partial charge in [-0.15, -0.1) is 0 Å². The van der Waals surface area contributed by atoms with Gasteiger partial charge in [-0.05, 0) is 24.5 Å². The second kappa shape index (κ2) is 5.13. The third-order valence-electron chi connectivity index (χ3n) is 1.64. The van der Waals surface area contributed by atoms with Crippen LogP contribution in [0, 0.1) is 0 Å². The number of pyridine rings is 1. The number of nitrogens with zero attached hydrogens (tertiary/aromatic N) is 1. The minimum Gasteiger partial charge on any atom is -0.465 e. The third-order valence-corrected chi connectivity index (χ3v) is 1.64. The maximum Gasteiger partial charge on any atom is 0.404 e. The van der Waals surface area contributed by atoms with E-state index in [2.05, 4.69) is 10.3 Å². The van der Waals surface area contributed by atoms with E-state index in [0.29, 0.717) is 6.54 Å². The number of aryl methyl sites for hydroxylation is 1. The Morgan fingerprint density at radius 1 is 1.62 bits per heavy atom. The quantitative estimate of drug-likeness (QED) is 0.686. The molecule has 0 aromatic carbocycles. The van der Waals surface area contributed by atoms with Gasteiger partial charge in [0, 0.05) is 18.9 Å².